The Kier molecular flexibility index (Phi) is 5.53. The molecule has 0 saturated heterocycles. The molecular formula is C23H27N5O2. The molecule has 0 radical (unpaired) electrons. The van der Waals surface area contributed by atoms with Crippen LogP contribution >= 0.6 is 0 Å². The van der Waals surface area contributed by atoms with E-state index in [0.717, 1.165) is 43.4 Å². The Balaban J connectivity index is 1.73. The number of benzene rings is 2. The van der Waals surface area contributed by atoms with E-state index in [2.05, 4.69) is 41.5 Å². The van der Waals surface area contributed by atoms with Gasteiger partial charge in [-0.05, 0) is 60.9 Å². The molecule has 0 unspecified atom stereocenters. The summed E-state index contributed by atoms with van der Waals surface area (Å²) in [5.41, 5.74) is 2.58. The second-order valence-corrected chi connectivity index (χ2v) is 8.04. The van der Waals surface area contributed by atoms with E-state index >= 15 is 0 Å². The van der Waals surface area contributed by atoms with Gasteiger partial charge in [0.2, 0.25) is 0 Å². The Hall–Kier alpha value is -3.22. The predicted molar refractivity (Wildman–Crippen MR) is 114 cm³/mol. The molecule has 1 fully saturated rings. The topological polar surface area (TPSA) is 73.1 Å². The van der Waals surface area contributed by atoms with Crippen LogP contribution in [-0.2, 0) is 5.54 Å². The number of amides is 1. The minimum atomic E-state index is -0.620. The molecule has 156 valence electrons. The van der Waals surface area contributed by atoms with E-state index in [4.69, 9.17) is 4.74 Å². The number of carbonyl (C=O) groups excluding carboxylic acids is 1. The van der Waals surface area contributed by atoms with Crippen LogP contribution in [0.2, 0.25) is 0 Å². The van der Waals surface area contributed by atoms with Gasteiger partial charge in [-0.2, -0.15) is 4.68 Å². The molecule has 1 heterocycles. The third-order valence-corrected chi connectivity index (χ3v) is 6.01. The number of ether oxygens (including phenoxy) is 1. The zero-order valence-electron chi connectivity index (χ0n) is 17.7. The summed E-state index contributed by atoms with van der Waals surface area (Å²) in [6, 6.07) is 15.3. The smallest absolute Gasteiger partial charge is 0.410 e. The maximum Gasteiger partial charge on any atom is 0.415 e. The first kappa shape index (κ1) is 20.1. The van der Waals surface area contributed by atoms with E-state index in [9.17, 15) is 4.79 Å². The van der Waals surface area contributed by atoms with Crippen molar-refractivity contribution >= 4 is 6.09 Å². The van der Waals surface area contributed by atoms with Crippen LogP contribution in [0.15, 0.2) is 48.5 Å². The monoisotopic (exact) mass is 405 g/mol. The number of carbonyl (C=O) groups is 1. The average molecular weight is 406 g/mol. The zero-order valence-corrected chi connectivity index (χ0v) is 17.7. The van der Waals surface area contributed by atoms with Gasteiger partial charge in [-0.3, -0.25) is 4.90 Å². The maximum absolute atomic E-state index is 13.1. The Bertz CT molecular complexity index is 1030. The van der Waals surface area contributed by atoms with Crippen LogP contribution in [0, 0.1) is 13.8 Å². The Morgan fingerprint density at radius 3 is 2.50 bits per heavy atom. The molecule has 7 nitrogen and oxygen atoms in total. The van der Waals surface area contributed by atoms with E-state index in [1.165, 1.54) is 5.56 Å². The van der Waals surface area contributed by atoms with Gasteiger partial charge in [0.15, 0.2) is 5.82 Å². The molecule has 0 N–H and O–H groups in total. The van der Waals surface area contributed by atoms with Crippen LogP contribution in [0.4, 0.5) is 4.79 Å². The Labute approximate surface area is 176 Å². The number of rotatable bonds is 4. The Morgan fingerprint density at radius 1 is 1.07 bits per heavy atom. The van der Waals surface area contributed by atoms with Gasteiger partial charge in [0.1, 0.15) is 11.3 Å². The third-order valence-electron chi connectivity index (χ3n) is 6.01. The van der Waals surface area contributed by atoms with Gasteiger partial charge >= 0.3 is 6.09 Å². The first-order chi connectivity index (χ1) is 14.5. The molecule has 3 aromatic rings. The summed E-state index contributed by atoms with van der Waals surface area (Å²) < 4.78 is 7.43. The molecule has 0 spiro atoms. The van der Waals surface area contributed by atoms with E-state index in [1.807, 2.05) is 24.3 Å². The summed E-state index contributed by atoms with van der Waals surface area (Å²) in [5.74, 6) is 1.20. The fourth-order valence-electron chi connectivity index (χ4n) is 4.36. The SMILES string of the molecule is Cc1ccc(-n2nnnc2C2(N(C)C(=O)Oc3ccccc3)CCCCC2)c(C)c1. The van der Waals surface area contributed by atoms with Crippen molar-refractivity contribution in [2.75, 3.05) is 7.05 Å². The average Bonchev–Trinajstić information content (AvgIpc) is 3.24. The van der Waals surface area contributed by atoms with Gasteiger partial charge in [0, 0.05) is 7.05 Å². The third kappa shape index (κ3) is 3.67. The van der Waals surface area contributed by atoms with Crippen LogP contribution in [-0.4, -0.2) is 38.2 Å². The molecule has 2 aromatic carbocycles. The molecule has 30 heavy (non-hydrogen) atoms. The molecule has 0 bridgehead atoms. The second kappa shape index (κ2) is 8.26. The van der Waals surface area contributed by atoms with Crippen LogP contribution in [0.3, 0.4) is 0 Å². The van der Waals surface area contributed by atoms with Crippen molar-refractivity contribution in [1.82, 2.24) is 25.1 Å². The number of nitrogens with zero attached hydrogens (tertiary/aromatic N) is 5. The fraction of sp³-hybridized carbons (Fsp3) is 0.391. The molecule has 1 saturated carbocycles. The summed E-state index contributed by atoms with van der Waals surface area (Å²) in [7, 11) is 1.79. The molecule has 0 atom stereocenters. The summed E-state index contributed by atoms with van der Waals surface area (Å²) in [5, 5.41) is 12.7. The largest absolute Gasteiger partial charge is 0.415 e. The van der Waals surface area contributed by atoms with Crippen LogP contribution in [0.5, 0.6) is 5.75 Å². The predicted octanol–water partition coefficient (Wildman–Crippen LogP) is 4.57. The summed E-state index contributed by atoms with van der Waals surface area (Å²) in [6.07, 6.45) is 4.32. The van der Waals surface area contributed by atoms with E-state index < -0.39 is 11.6 Å². The summed E-state index contributed by atoms with van der Waals surface area (Å²) in [6.45, 7) is 4.11. The number of aryl methyl sites for hydroxylation is 2. The highest BCUT2D eigenvalue weighted by Gasteiger charge is 2.45. The van der Waals surface area contributed by atoms with Gasteiger partial charge in [-0.15, -0.1) is 5.10 Å². The van der Waals surface area contributed by atoms with Gasteiger partial charge in [-0.1, -0.05) is 55.2 Å². The lowest BCUT2D eigenvalue weighted by Crippen LogP contribution is -2.51. The lowest BCUT2D eigenvalue weighted by Gasteiger charge is -2.42. The number of hydrogen-bond donors (Lipinski definition) is 0. The minimum absolute atomic E-state index is 0.404. The van der Waals surface area contributed by atoms with Crippen molar-refractivity contribution < 1.29 is 9.53 Å². The van der Waals surface area contributed by atoms with Crippen molar-refractivity contribution in [1.29, 1.82) is 0 Å². The summed E-state index contributed by atoms with van der Waals surface area (Å²) in [4.78, 5) is 14.8. The van der Waals surface area contributed by atoms with Crippen LogP contribution in [0.1, 0.15) is 49.1 Å². The highest BCUT2D eigenvalue weighted by Crippen LogP contribution is 2.41. The van der Waals surface area contributed by atoms with Gasteiger partial charge < -0.3 is 4.74 Å². The highest BCUT2D eigenvalue weighted by molar-refractivity contribution is 5.71. The van der Waals surface area contributed by atoms with Crippen molar-refractivity contribution in [3.05, 3.63) is 65.5 Å². The molecule has 1 amide bonds. The molecule has 0 aliphatic heterocycles. The summed E-state index contributed by atoms with van der Waals surface area (Å²) >= 11 is 0. The van der Waals surface area contributed by atoms with Gasteiger partial charge in [-0.25, -0.2) is 4.79 Å². The number of aromatic nitrogens is 4. The van der Waals surface area contributed by atoms with Gasteiger partial charge in [0.05, 0.1) is 5.69 Å². The fourth-order valence-corrected chi connectivity index (χ4v) is 4.36. The first-order valence-corrected chi connectivity index (χ1v) is 10.4. The van der Waals surface area contributed by atoms with Crippen molar-refractivity contribution in [3.63, 3.8) is 0 Å². The molecular weight excluding hydrogens is 378 g/mol. The van der Waals surface area contributed by atoms with Crippen molar-refractivity contribution in [2.24, 2.45) is 0 Å². The second-order valence-electron chi connectivity index (χ2n) is 8.04. The maximum atomic E-state index is 13.1. The van der Waals surface area contributed by atoms with Crippen LogP contribution in [0.25, 0.3) is 5.69 Å². The number of hydrogen-bond acceptors (Lipinski definition) is 5. The molecule has 1 aliphatic carbocycles. The lowest BCUT2D eigenvalue weighted by molar-refractivity contribution is 0.0622. The molecule has 1 aliphatic rings. The molecule has 1 aromatic heterocycles. The Morgan fingerprint density at radius 2 is 1.80 bits per heavy atom. The van der Waals surface area contributed by atoms with Crippen molar-refractivity contribution in [2.45, 2.75) is 51.5 Å². The van der Waals surface area contributed by atoms with E-state index in [0.29, 0.717) is 11.6 Å². The minimum Gasteiger partial charge on any atom is -0.410 e. The normalized spacial score (nSPS) is 15.6. The van der Waals surface area contributed by atoms with Gasteiger partial charge in [0.25, 0.3) is 0 Å². The highest BCUT2D eigenvalue weighted by atomic mass is 16.6. The van der Waals surface area contributed by atoms with E-state index in [-0.39, 0.29) is 0 Å². The van der Waals surface area contributed by atoms with Crippen molar-refractivity contribution in [3.8, 4) is 11.4 Å². The zero-order chi connectivity index (χ0) is 21.1. The van der Waals surface area contributed by atoms with E-state index in [1.54, 1.807) is 28.8 Å². The quantitative estimate of drug-likeness (QED) is 0.636. The first-order valence-electron chi connectivity index (χ1n) is 10.4. The molecule has 7 heteroatoms. The number of para-hydroxylation sites is 1. The standard InChI is InChI=1S/C23H27N5O2/c1-17-12-13-20(18(2)16-17)28-21(24-25-26-28)23(14-8-5-9-15-23)27(3)22(29)30-19-10-6-4-7-11-19/h4,6-7,10-13,16H,5,8-9,14-15H2,1-3H3. The lowest BCUT2D eigenvalue weighted by atomic mass is 9.79. The molecule has 4 rings (SSSR count). The van der Waals surface area contributed by atoms with Crippen LogP contribution < -0.4 is 4.74 Å². The number of tetrazole rings is 1.